The number of aryl methyl sites for hydroxylation is 2. The Labute approximate surface area is 127 Å². The molecule has 0 spiro atoms. The third kappa shape index (κ3) is 3.69. The van der Waals surface area contributed by atoms with Crippen LogP contribution in [-0.2, 0) is 6.42 Å². The van der Waals surface area contributed by atoms with Crippen molar-refractivity contribution in [3.63, 3.8) is 0 Å². The first-order chi connectivity index (χ1) is 9.61. The second kappa shape index (κ2) is 7.02. The Kier molecular flexibility index (Phi) is 5.34. The van der Waals surface area contributed by atoms with Crippen LogP contribution in [0.3, 0.4) is 0 Å². The highest BCUT2D eigenvalue weighted by Crippen LogP contribution is 2.23. The lowest BCUT2D eigenvalue weighted by Crippen LogP contribution is -2.27. The fraction of sp³-hybridized carbons (Fsp3) is 0.400. The maximum Gasteiger partial charge on any atom is 0.261 e. The molecule has 108 valence electrons. The second-order valence-electron chi connectivity index (χ2n) is 4.72. The van der Waals surface area contributed by atoms with E-state index in [2.05, 4.69) is 12.2 Å². The van der Waals surface area contributed by atoms with Gasteiger partial charge in [0.25, 0.3) is 5.91 Å². The minimum atomic E-state index is -0.638. The molecule has 0 aromatic carbocycles. The van der Waals surface area contributed by atoms with E-state index >= 15 is 0 Å². The van der Waals surface area contributed by atoms with Gasteiger partial charge in [0.2, 0.25) is 0 Å². The number of nitrogens with one attached hydrogen (secondary N) is 1. The molecule has 1 atom stereocenters. The van der Waals surface area contributed by atoms with E-state index in [1.807, 2.05) is 29.8 Å². The Morgan fingerprint density at radius 1 is 1.50 bits per heavy atom. The minimum Gasteiger partial charge on any atom is -0.387 e. The van der Waals surface area contributed by atoms with Crippen LogP contribution in [-0.4, -0.2) is 17.6 Å². The maximum absolute atomic E-state index is 12.1. The Morgan fingerprint density at radius 3 is 2.95 bits per heavy atom. The smallest absolute Gasteiger partial charge is 0.261 e. The van der Waals surface area contributed by atoms with Gasteiger partial charge in [-0.05, 0) is 47.4 Å². The van der Waals surface area contributed by atoms with Crippen molar-refractivity contribution < 1.29 is 9.90 Å². The number of rotatable bonds is 6. The van der Waals surface area contributed by atoms with Crippen LogP contribution in [0.5, 0.6) is 0 Å². The van der Waals surface area contributed by atoms with Gasteiger partial charge < -0.3 is 10.4 Å². The second-order valence-corrected chi connectivity index (χ2v) is 6.76. The molecule has 0 aliphatic carbocycles. The van der Waals surface area contributed by atoms with Crippen molar-refractivity contribution in [2.24, 2.45) is 0 Å². The Balaban J connectivity index is 1.93. The quantitative estimate of drug-likeness (QED) is 0.857. The average Bonchev–Trinajstić information content (AvgIpc) is 3.07. The van der Waals surface area contributed by atoms with E-state index in [-0.39, 0.29) is 12.5 Å². The number of thiophene rings is 2. The monoisotopic (exact) mass is 309 g/mol. The first-order valence-electron chi connectivity index (χ1n) is 6.69. The van der Waals surface area contributed by atoms with E-state index in [1.165, 1.54) is 33.1 Å². The van der Waals surface area contributed by atoms with Gasteiger partial charge in [-0.1, -0.05) is 13.3 Å². The third-order valence-electron chi connectivity index (χ3n) is 3.15. The van der Waals surface area contributed by atoms with Crippen molar-refractivity contribution >= 4 is 28.6 Å². The molecule has 0 fully saturated rings. The molecule has 2 rings (SSSR count). The molecule has 3 nitrogen and oxygen atoms in total. The van der Waals surface area contributed by atoms with E-state index in [9.17, 15) is 9.90 Å². The molecule has 0 bridgehead atoms. The number of carbonyl (C=O) groups is 1. The van der Waals surface area contributed by atoms with E-state index in [0.717, 1.165) is 23.3 Å². The molecular weight excluding hydrogens is 290 g/mol. The van der Waals surface area contributed by atoms with E-state index in [0.29, 0.717) is 0 Å². The zero-order valence-corrected chi connectivity index (χ0v) is 13.3. The van der Waals surface area contributed by atoms with Gasteiger partial charge in [-0.3, -0.25) is 4.79 Å². The summed E-state index contributed by atoms with van der Waals surface area (Å²) in [6.45, 7) is 4.43. The lowest BCUT2D eigenvalue weighted by molar-refractivity contribution is 0.0920. The number of aliphatic hydroxyl groups excluding tert-OH is 1. The molecule has 2 aromatic rings. The minimum absolute atomic E-state index is 0.102. The summed E-state index contributed by atoms with van der Waals surface area (Å²) in [5.74, 6) is -0.102. The third-order valence-corrected chi connectivity index (χ3v) is 4.94. The summed E-state index contributed by atoms with van der Waals surface area (Å²) in [6, 6.07) is 3.84. The molecule has 0 aliphatic rings. The number of amides is 1. The van der Waals surface area contributed by atoms with Gasteiger partial charge in [-0.25, -0.2) is 0 Å². The molecule has 0 saturated carbocycles. The molecule has 0 saturated heterocycles. The SMILES string of the molecule is CCCc1cc(C(=O)NCC(O)c2ccsc2)sc1C. The summed E-state index contributed by atoms with van der Waals surface area (Å²) in [6.07, 6.45) is 1.45. The van der Waals surface area contributed by atoms with Crippen LogP contribution in [0.25, 0.3) is 0 Å². The fourth-order valence-electron chi connectivity index (χ4n) is 2.01. The number of hydrogen-bond acceptors (Lipinski definition) is 4. The molecule has 1 amide bonds. The highest BCUT2D eigenvalue weighted by Gasteiger charge is 2.14. The van der Waals surface area contributed by atoms with Crippen molar-refractivity contribution in [2.75, 3.05) is 6.54 Å². The Hall–Kier alpha value is -1.17. The van der Waals surface area contributed by atoms with Crippen LogP contribution >= 0.6 is 22.7 Å². The van der Waals surface area contributed by atoms with Crippen molar-refractivity contribution in [2.45, 2.75) is 32.8 Å². The highest BCUT2D eigenvalue weighted by atomic mass is 32.1. The summed E-state index contributed by atoms with van der Waals surface area (Å²) in [4.78, 5) is 14.0. The Bertz CT molecular complexity index is 560. The highest BCUT2D eigenvalue weighted by molar-refractivity contribution is 7.14. The Morgan fingerprint density at radius 2 is 2.30 bits per heavy atom. The molecule has 5 heteroatoms. The summed E-state index contributed by atoms with van der Waals surface area (Å²) >= 11 is 3.06. The lowest BCUT2D eigenvalue weighted by Gasteiger charge is -2.09. The van der Waals surface area contributed by atoms with Gasteiger partial charge in [0.15, 0.2) is 0 Å². The van der Waals surface area contributed by atoms with Crippen LogP contribution in [0.2, 0.25) is 0 Å². The molecule has 0 aliphatic heterocycles. The van der Waals surface area contributed by atoms with Gasteiger partial charge in [0.05, 0.1) is 11.0 Å². The van der Waals surface area contributed by atoms with Crippen LogP contribution in [0.4, 0.5) is 0 Å². The van der Waals surface area contributed by atoms with Gasteiger partial charge in [-0.2, -0.15) is 11.3 Å². The summed E-state index contributed by atoms with van der Waals surface area (Å²) in [5.41, 5.74) is 2.10. The molecule has 2 heterocycles. The van der Waals surface area contributed by atoms with E-state index in [1.54, 1.807) is 0 Å². The van der Waals surface area contributed by atoms with E-state index < -0.39 is 6.10 Å². The molecule has 2 N–H and O–H groups in total. The van der Waals surface area contributed by atoms with Crippen LogP contribution in [0, 0.1) is 6.92 Å². The first-order valence-corrected chi connectivity index (χ1v) is 8.45. The summed E-state index contributed by atoms with van der Waals surface area (Å²) < 4.78 is 0. The topological polar surface area (TPSA) is 49.3 Å². The molecule has 1 unspecified atom stereocenters. The van der Waals surface area contributed by atoms with Gasteiger partial charge in [-0.15, -0.1) is 11.3 Å². The summed E-state index contributed by atoms with van der Waals surface area (Å²) in [5, 5.41) is 16.6. The largest absolute Gasteiger partial charge is 0.387 e. The molecule has 2 aromatic heterocycles. The van der Waals surface area contributed by atoms with Crippen molar-refractivity contribution in [3.8, 4) is 0 Å². The van der Waals surface area contributed by atoms with Gasteiger partial charge in [0.1, 0.15) is 0 Å². The zero-order valence-electron chi connectivity index (χ0n) is 11.7. The predicted octanol–water partition coefficient (Wildman–Crippen LogP) is 3.53. The van der Waals surface area contributed by atoms with Crippen molar-refractivity contribution in [1.29, 1.82) is 0 Å². The molecule has 20 heavy (non-hydrogen) atoms. The summed E-state index contributed by atoms with van der Waals surface area (Å²) in [7, 11) is 0. The van der Waals surface area contributed by atoms with Crippen molar-refractivity contribution in [3.05, 3.63) is 43.8 Å². The number of aliphatic hydroxyl groups is 1. The molecule has 0 radical (unpaired) electrons. The van der Waals surface area contributed by atoms with Crippen molar-refractivity contribution in [1.82, 2.24) is 5.32 Å². The first kappa shape index (κ1) is 15.2. The van der Waals surface area contributed by atoms with E-state index in [4.69, 9.17) is 0 Å². The normalized spacial score (nSPS) is 12.3. The van der Waals surface area contributed by atoms with Crippen LogP contribution < -0.4 is 5.32 Å². The number of hydrogen-bond donors (Lipinski definition) is 2. The van der Waals surface area contributed by atoms with Gasteiger partial charge >= 0.3 is 0 Å². The fourth-order valence-corrected chi connectivity index (χ4v) is 3.70. The van der Waals surface area contributed by atoms with Crippen LogP contribution in [0.1, 0.15) is 45.1 Å². The molecular formula is C15H19NO2S2. The average molecular weight is 309 g/mol. The van der Waals surface area contributed by atoms with Gasteiger partial charge in [0, 0.05) is 11.4 Å². The van der Waals surface area contributed by atoms with Crippen LogP contribution in [0.15, 0.2) is 22.9 Å². The predicted molar refractivity (Wildman–Crippen MR) is 84.7 cm³/mol. The zero-order chi connectivity index (χ0) is 14.5. The maximum atomic E-state index is 12.1. The standard InChI is InChI=1S/C15H19NO2S2/c1-3-4-11-7-14(20-10(11)2)15(18)16-8-13(17)12-5-6-19-9-12/h5-7,9,13,17H,3-4,8H2,1-2H3,(H,16,18). The number of carbonyl (C=O) groups excluding carboxylic acids is 1. The lowest BCUT2D eigenvalue weighted by atomic mass is 10.1.